The molecule has 0 radical (unpaired) electrons. The van der Waals surface area contributed by atoms with Gasteiger partial charge in [-0.05, 0) is 38.8 Å². The van der Waals surface area contributed by atoms with E-state index in [-0.39, 0.29) is 18.4 Å². The van der Waals surface area contributed by atoms with Gasteiger partial charge in [0.1, 0.15) is 0 Å². The number of hydrogen-bond acceptors (Lipinski definition) is 3. The molecule has 1 N–H and O–H groups in total. The molecule has 1 unspecified atom stereocenters. The Hall–Kier alpha value is -1.10. The lowest BCUT2D eigenvalue weighted by atomic mass is 10.1. The molecule has 5 heteroatoms. The van der Waals surface area contributed by atoms with Crippen molar-refractivity contribution in [2.75, 3.05) is 26.2 Å². The molecule has 18 heavy (non-hydrogen) atoms. The number of carbonyl (C=O) groups is 2. The van der Waals surface area contributed by atoms with E-state index < -0.39 is 5.97 Å². The van der Waals surface area contributed by atoms with E-state index in [1.54, 1.807) is 4.90 Å². The van der Waals surface area contributed by atoms with Gasteiger partial charge in [-0.2, -0.15) is 0 Å². The zero-order valence-electron chi connectivity index (χ0n) is 10.8. The van der Waals surface area contributed by atoms with Crippen LogP contribution in [0.4, 0.5) is 0 Å². The van der Waals surface area contributed by atoms with Gasteiger partial charge >= 0.3 is 5.97 Å². The first-order chi connectivity index (χ1) is 8.66. The van der Waals surface area contributed by atoms with Crippen molar-refractivity contribution >= 4 is 11.9 Å². The monoisotopic (exact) mass is 254 g/mol. The van der Waals surface area contributed by atoms with Gasteiger partial charge in [-0.1, -0.05) is 0 Å². The molecule has 0 aromatic rings. The minimum atomic E-state index is -0.806. The summed E-state index contributed by atoms with van der Waals surface area (Å²) in [6.07, 6.45) is 4.87. The maximum Gasteiger partial charge on any atom is 0.305 e. The Labute approximate surface area is 108 Å². The van der Waals surface area contributed by atoms with Gasteiger partial charge < -0.3 is 14.9 Å². The van der Waals surface area contributed by atoms with Crippen molar-refractivity contribution in [2.24, 2.45) is 0 Å². The fourth-order valence-corrected chi connectivity index (χ4v) is 2.98. The van der Waals surface area contributed by atoms with Crippen LogP contribution in [0.15, 0.2) is 0 Å². The molecule has 0 bridgehead atoms. The molecule has 0 saturated carbocycles. The van der Waals surface area contributed by atoms with Crippen molar-refractivity contribution in [3.05, 3.63) is 0 Å². The van der Waals surface area contributed by atoms with Gasteiger partial charge in [-0.25, -0.2) is 0 Å². The molecule has 2 rings (SSSR count). The number of carboxylic acid groups (broad SMARTS) is 1. The summed E-state index contributed by atoms with van der Waals surface area (Å²) in [6, 6.07) is -0.0754. The van der Waals surface area contributed by atoms with Gasteiger partial charge in [0.05, 0.1) is 6.42 Å². The maximum absolute atomic E-state index is 12.1. The average Bonchev–Trinajstić information content (AvgIpc) is 2.95. The first-order valence-electron chi connectivity index (χ1n) is 6.90. The van der Waals surface area contributed by atoms with Crippen LogP contribution in [-0.4, -0.2) is 59.0 Å². The first kappa shape index (κ1) is 13.3. The average molecular weight is 254 g/mol. The number of likely N-dealkylation sites (tertiary alicyclic amines) is 2. The molecule has 0 aromatic carbocycles. The highest BCUT2D eigenvalue weighted by Crippen LogP contribution is 2.21. The third-order valence-corrected chi connectivity index (χ3v) is 3.95. The summed E-state index contributed by atoms with van der Waals surface area (Å²) in [5.74, 6) is -0.676. The lowest BCUT2D eigenvalue weighted by Crippen LogP contribution is -2.38. The van der Waals surface area contributed by atoms with E-state index in [1.165, 1.54) is 12.8 Å². The number of amides is 1. The van der Waals surface area contributed by atoms with Crippen LogP contribution in [0.3, 0.4) is 0 Å². The van der Waals surface area contributed by atoms with E-state index in [1.807, 2.05) is 0 Å². The standard InChI is InChI=1S/C13H22N2O3/c16-12(5-9-14-6-1-2-7-14)15-8-3-4-11(15)10-13(17)18/h11H,1-10H2,(H,17,18). The molecule has 0 aliphatic carbocycles. The van der Waals surface area contributed by atoms with Crippen molar-refractivity contribution in [1.82, 2.24) is 9.80 Å². The van der Waals surface area contributed by atoms with E-state index >= 15 is 0 Å². The Kier molecular flexibility index (Phi) is 4.58. The molecular weight excluding hydrogens is 232 g/mol. The van der Waals surface area contributed by atoms with Crippen LogP contribution in [0.5, 0.6) is 0 Å². The fraction of sp³-hybridized carbons (Fsp3) is 0.846. The highest BCUT2D eigenvalue weighted by Gasteiger charge is 2.30. The maximum atomic E-state index is 12.1. The highest BCUT2D eigenvalue weighted by atomic mass is 16.4. The predicted molar refractivity (Wildman–Crippen MR) is 67.3 cm³/mol. The molecule has 2 heterocycles. The molecule has 1 atom stereocenters. The van der Waals surface area contributed by atoms with E-state index in [0.717, 1.165) is 39.0 Å². The topological polar surface area (TPSA) is 60.9 Å². The second-order valence-corrected chi connectivity index (χ2v) is 5.28. The number of carbonyl (C=O) groups excluding carboxylic acids is 1. The van der Waals surface area contributed by atoms with Crippen LogP contribution < -0.4 is 0 Å². The SMILES string of the molecule is O=C(O)CC1CCCN1C(=O)CCN1CCCC1. The second kappa shape index (κ2) is 6.18. The molecule has 1 amide bonds. The Morgan fingerprint density at radius 1 is 1.11 bits per heavy atom. The largest absolute Gasteiger partial charge is 0.481 e. The first-order valence-corrected chi connectivity index (χ1v) is 6.90. The zero-order valence-corrected chi connectivity index (χ0v) is 10.8. The molecule has 2 saturated heterocycles. The zero-order chi connectivity index (χ0) is 13.0. The van der Waals surface area contributed by atoms with Gasteiger partial charge in [0.15, 0.2) is 0 Å². The van der Waals surface area contributed by atoms with Crippen molar-refractivity contribution in [3.8, 4) is 0 Å². The van der Waals surface area contributed by atoms with E-state index in [2.05, 4.69) is 4.90 Å². The van der Waals surface area contributed by atoms with Crippen LogP contribution in [0.1, 0.15) is 38.5 Å². The summed E-state index contributed by atoms with van der Waals surface area (Å²) in [6.45, 7) is 3.77. The lowest BCUT2D eigenvalue weighted by molar-refractivity contribution is -0.140. The minimum Gasteiger partial charge on any atom is -0.481 e. The molecule has 5 nitrogen and oxygen atoms in total. The summed E-state index contributed by atoms with van der Waals surface area (Å²) in [4.78, 5) is 26.9. The second-order valence-electron chi connectivity index (χ2n) is 5.28. The van der Waals surface area contributed by atoms with Crippen LogP contribution in [0.25, 0.3) is 0 Å². The van der Waals surface area contributed by atoms with E-state index in [4.69, 9.17) is 5.11 Å². The summed E-state index contributed by atoms with van der Waals surface area (Å²) in [7, 11) is 0. The summed E-state index contributed by atoms with van der Waals surface area (Å²) in [5.41, 5.74) is 0. The highest BCUT2D eigenvalue weighted by molar-refractivity contribution is 5.78. The summed E-state index contributed by atoms with van der Waals surface area (Å²) < 4.78 is 0. The quantitative estimate of drug-likeness (QED) is 0.793. The van der Waals surface area contributed by atoms with Gasteiger partial charge in [-0.3, -0.25) is 9.59 Å². The molecule has 0 spiro atoms. The molecular formula is C13H22N2O3. The van der Waals surface area contributed by atoms with Gasteiger partial charge in [-0.15, -0.1) is 0 Å². The van der Waals surface area contributed by atoms with E-state index in [9.17, 15) is 9.59 Å². The van der Waals surface area contributed by atoms with Crippen LogP contribution in [0, 0.1) is 0 Å². The van der Waals surface area contributed by atoms with E-state index in [0.29, 0.717) is 6.42 Å². The van der Waals surface area contributed by atoms with Crippen molar-refractivity contribution < 1.29 is 14.7 Å². The Morgan fingerprint density at radius 3 is 2.50 bits per heavy atom. The smallest absolute Gasteiger partial charge is 0.305 e. The Morgan fingerprint density at radius 2 is 1.83 bits per heavy atom. The molecule has 102 valence electrons. The lowest BCUT2D eigenvalue weighted by Gasteiger charge is -2.24. The minimum absolute atomic E-state index is 0.0754. The van der Waals surface area contributed by atoms with Crippen LogP contribution >= 0.6 is 0 Å². The van der Waals surface area contributed by atoms with Crippen molar-refractivity contribution in [3.63, 3.8) is 0 Å². The molecule has 2 aliphatic heterocycles. The number of aliphatic carboxylic acids is 1. The molecule has 2 fully saturated rings. The van der Waals surface area contributed by atoms with Gasteiger partial charge in [0, 0.05) is 25.6 Å². The summed E-state index contributed by atoms with van der Waals surface area (Å²) >= 11 is 0. The molecule has 0 aromatic heterocycles. The van der Waals surface area contributed by atoms with Crippen molar-refractivity contribution in [2.45, 2.75) is 44.6 Å². The normalized spacial score (nSPS) is 24.7. The third kappa shape index (κ3) is 3.45. The fourth-order valence-electron chi connectivity index (χ4n) is 2.98. The predicted octanol–water partition coefficient (Wildman–Crippen LogP) is 0.938. The van der Waals surface area contributed by atoms with Crippen molar-refractivity contribution in [1.29, 1.82) is 0 Å². The van der Waals surface area contributed by atoms with Gasteiger partial charge in [0.2, 0.25) is 5.91 Å². The van der Waals surface area contributed by atoms with Gasteiger partial charge in [0.25, 0.3) is 0 Å². The van der Waals surface area contributed by atoms with Crippen LogP contribution in [0.2, 0.25) is 0 Å². The third-order valence-electron chi connectivity index (χ3n) is 3.95. The number of hydrogen-bond donors (Lipinski definition) is 1. The number of carboxylic acids is 1. The number of nitrogens with zero attached hydrogens (tertiary/aromatic N) is 2. The Balaban J connectivity index is 1.77. The van der Waals surface area contributed by atoms with Crippen LogP contribution in [-0.2, 0) is 9.59 Å². The Bertz CT molecular complexity index is 313. The molecule has 2 aliphatic rings. The summed E-state index contributed by atoms with van der Waals surface area (Å²) in [5, 5.41) is 8.83. The number of rotatable bonds is 5.